The molecule has 0 unspecified atom stereocenters. The molecule has 0 atom stereocenters. The van der Waals surface area contributed by atoms with Crippen LogP contribution in [0.15, 0.2) is 60.9 Å². The minimum Gasteiger partial charge on any atom is -0.456 e. The molecule has 6 heteroatoms. The van der Waals surface area contributed by atoms with Crippen molar-refractivity contribution in [2.45, 2.75) is 0 Å². The van der Waals surface area contributed by atoms with Crippen LogP contribution in [0.2, 0.25) is 0 Å². The largest absolute Gasteiger partial charge is 0.456 e. The molecule has 0 saturated carbocycles. The molecule has 0 aliphatic heterocycles. The third-order valence-electron chi connectivity index (χ3n) is 2.80. The summed E-state index contributed by atoms with van der Waals surface area (Å²) in [6.07, 6.45) is 3.12. The van der Waals surface area contributed by atoms with Crippen LogP contribution in [0.1, 0.15) is 0 Å². The van der Waals surface area contributed by atoms with Crippen LogP contribution in [-0.2, 0) is 0 Å². The van der Waals surface area contributed by atoms with E-state index in [1.807, 2.05) is 18.2 Å². The van der Waals surface area contributed by atoms with Crippen LogP contribution in [0, 0.1) is 0 Å². The fourth-order valence-corrected chi connectivity index (χ4v) is 1.78. The van der Waals surface area contributed by atoms with E-state index in [9.17, 15) is 0 Å². The Balaban J connectivity index is 1.74. The first-order valence-corrected chi connectivity index (χ1v) is 6.58. The second-order valence-electron chi connectivity index (χ2n) is 4.52. The van der Waals surface area contributed by atoms with Crippen molar-refractivity contribution in [3.8, 4) is 23.0 Å². The highest BCUT2D eigenvalue weighted by Crippen LogP contribution is 2.28. The first-order chi connectivity index (χ1) is 10.7. The Labute approximate surface area is 127 Å². The van der Waals surface area contributed by atoms with Gasteiger partial charge in [0.2, 0.25) is 0 Å². The Morgan fingerprint density at radius 2 is 1.14 bits per heavy atom. The predicted molar refractivity (Wildman–Crippen MR) is 83.9 cm³/mol. The Kier molecular flexibility index (Phi) is 3.74. The van der Waals surface area contributed by atoms with E-state index in [0.717, 1.165) is 0 Å². The molecular formula is C16H14N4O2. The van der Waals surface area contributed by atoms with Crippen LogP contribution < -0.4 is 20.9 Å². The maximum absolute atomic E-state index is 5.70. The standard InChI is InChI=1S/C16H14N4O2/c17-15-6-4-13(9-19-15)21-11-2-1-3-12(8-11)22-14-5-7-16(18)20-10-14/h1-10H,(H2,17,19)(H2,18,20). The van der Waals surface area contributed by atoms with Crippen LogP contribution in [0.25, 0.3) is 0 Å². The SMILES string of the molecule is Nc1ccc(Oc2cccc(Oc3ccc(N)nc3)c2)cn1. The summed E-state index contributed by atoms with van der Waals surface area (Å²) < 4.78 is 11.4. The fourth-order valence-electron chi connectivity index (χ4n) is 1.78. The van der Waals surface area contributed by atoms with Crippen molar-refractivity contribution in [1.82, 2.24) is 9.97 Å². The molecule has 0 radical (unpaired) electrons. The number of nitrogens with zero attached hydrogens (tertiary/aromatic N) is 2. The highest BCUT2D eigenvalue weighted by molar-refractivity contribution is 5.40. The Hall–Kier alpha value is -3.28. The van der Waals surface area contributed by atoms with Gasteiger partial charge in [-0.05, 0) is 36.4 Å². The Morgan fingerprint density at radius 3 is 1.55 bits per heavy atom. The van der Waals surface area contributed by atoms with Crippen molar-refractivity contribution in [2.75, 3.05) is 11.5 Å². The highest BCUT2D eigenvalue weighted by atomic mass is 16.5. The van der Waals surface area contributed by atoms with Crippen molar-refractivity contribution in [3.05, 3.63) is 60.9 Å². The number of aromatic nitrogens is 2. The van der Waals surface area contributed by atoms with Gasteiger partial charge in [-0.25, -0.2) is 9.97 Å². The van der Waals surface area contributed by atoms with Gasteiger partial charge in [0.25, 0.3) is 0 Å². The average molecular weight is 294 g/mol. The van der Waals surface area contributed by atoms with Gasteiger partial charge in [-0.3, -0.25) is 0 Å². The first-order valence-electron chi connectivity index (χ1n) is 6.58. The summed E-state index contributed by atoms with van der Waals surface area (Å²) >= 11 is 0. The van der Waals surface area contributed by atoms with Crippen LogP contribution >= 0.6 is 0 Å². The molecule has 0 bridgehead atoms. The van der Waals surface area contributed by atoms with Gasteiger partial charge in [-0.1, -0.05) is 6.07 Å². The number of hydrogen-bond acceptors (Lipinski definition) is 6. The Bertz CT molecular complexity index is 695. The molecule has 3 aromatic rings. The van der Waals surface area contributed by atoms with E-state index in [1.54, 1.807) is 42.7 Å². The van der Waals surface area contributed by atoms with Crippen molar-refractivity contribution in [3.63, 3.8) is 0 Å². The van der Waals surface area contributed by atoms with E-state index in [-0.39, 0.29) is 0 Å². The monoisotopic (exact) mass is 294 g/mol. The first kappa shape index (κ1) is 13.7. The van der Waals surface area contributed by atoms with E-state index in [0.29, 0.717) is 34.6 Å². The number of nitrogen functional groups attached to an aromatic ring is 2. The van der Waals surface area contributed by atoms with Gasteiger partial charge in [0.05, 0.1) is 12.4 Å². The third-order valence-corrected chi connectivity index (χ3v) is 2.80. The van der Waals surface area contributed by atoms with E-state index in [1.165, 1.54) is 0 Å². The second kappa shape index (κ2) is 6.01. The molecule has 4 N–H and O–H groups in total. The summed E-state index contributed by atoms with van der Waals surface area (Å²) in [5.74, 6) is 3.35. The zero-order chi connectivity index (χ0) is 15.4. The van der Waals surface area contributed by atoms with Gasteiger partial charge in [0, 0.05) is 6.07 Å². The molecule has 2 aromatic heterocycles. The lowest BCUT2D eigenvalue weighted by molar-refractivity contribution is 0.458. The lowest BCUT2D eigenvalue weighted by atomic mass is 10.3. The summed E-state index contributed by atoms with van der Waals surface area (Å²) in [5, 5.41) is 0. The van der Waals surface area contributed by atoms with Crippen molar-refractivity contribution >= 4 is 11.6 Å². The molecule has 2 heterocycles. The Morgan fingerprint density at radius 1 is 0.636 bits per heavy atom. The maximum Gasteiger partial charge on any atom is 0.145 e. The van der Waals surface area contributed by atoms with E-state index < -0.39 is 0 Å². The molecule has 22 heavy (non-hydrogen) atoms. The van der Waals surface area contributed by atoms with Crippen molar-refractivity contribution in [1.29, 1.82) is 0 Å². The molecule has 0 saturated heterocycles. The number of nitrogens with two attached hydrogens (primary N) is 2. The van der Waals surface area contributed by atoms with Gasteiger partial charge in [-0.15, -0.1) is 0 Å². The van der Waals surface area contributed by atoms with Crippen molar-refractivity contribution in [2.24, 2.45) is 0 Å². The lowest BCUT2D eigenvalue weighted by Crippen LogP contribution is -1.92. The third kappa shape index (κ3) is 3.43. The molecule has 0 fully saturated rings. The molecule has 0 aliphatic rings. The lowest BCUT2D eigenvalue weighted by Gasteiger charge is -2.09. The van der Waals surface area contributed by atoms with Gasteiger partial charge < -0.3 is 20.9 Å². The number of benzene rings is 1. The smallest absolute Gasteiger partial charge is 0.145 e. The fraction of sp³-hybridized carbons (Fsp3) is 0. The van der Waals surface area contributed by atoms with Gasteiger partial charge in [0.1, 0.15) is 34.6 Å². The van der Waals surface area contributed by atoms with Gasteiger partial charge in [0.15, 0.2) is 0 Å². The summed E-state index contributed by atoms with van der Waals surface area (Å²) in [6.45, 7) is 0. The van der Waals surface area contributed by atoms with Gasteiger partial charge in [-0.2, -0.15) is 0 Å². The van der Waals surface area contributed by atoms with E-state index in [2.05, 4.69) is 9.97 Å². The molecule has 0 spiro atoms. The maximum atomic E-state index is 5.70. The average Bonchev–Trinajstić information content (AvgIpc) is 2.52. The summed E-state index contributed by atoms with van der Waals surface area (Å²) in [4.78, 5) is 7.95. The number of anilines is 2. The van der Waals surface area contributed by atoms with E-state index in [4.69, 9.17) is 20.9 Å². The van der Waals surface area contributed by atoms with Crippen LogP contribution in [0.3, 0.4) is 0 Å². The number of hydrogen-bond donors (Lipinski definition) is 2. The predicted octanol–water partition coefficient (Wildman–Crippen LogP) is 3.23. The minimum absolute atomic E-state index is 0.445. The molecule has 0 aliphatic carbocycles. The topological polar surface area (TPSA) is 96.3 Å². The number of rotatable bonds is 4. The molecule has 0 amide bonds. The van der Waals surface area contributed by atoms with Crippen molar-refractivity contribution < 1.29 is 9.47 Å². The minimum atomic E-state index is 0.445. The van der Waals surface area contributed by atoms with E-state index >= 15 is 0 Å². The zero-order valence-electron chi connectivity index (χ0n) is 11.6. The molecule has 6 nitrogen and oxygen atoms in total. The van der Waals surface area contributed by atoms with Crippen LogP contribution in [0.5, 0.6) is 23.0 Å². The molecule has 110 valence electrons. The second-order valence-corrected chi connectivity index (χ2v) is 4.52. The zero-order valence-corrected chi connectivity index (χ0v) is 11.6. The van der Waals surface area contributed by atoms with Crippen LogP contribution in [0.4, 0.5) is 11.6 Å². The molecule has 3 rings (SSSR count). The van der Waals surface area contributed by atoms with Crippen LogP contribution in [-0.4, -0.2) is 9.97 Å². The summed E-state index contributed by atoms with van der Waals surface area (Å²) in [5.41, 5.74) is 11.1. The normalized spacial score (nSPS) is 10.2. The number of pyridine rings is 2. The summed E-state index contributed by atoms with van der Waals surface area (Å²) in [6, 6.07) is 14.1. The molecular weight excluding hydrogens is 280 g/mol. The highest BCUT2D eigenvalue weighted by Gasteiger charge is 2.02. The summed E-state index contributed by atoms with van der Waals surface area (Å²) in [7, 11) is 0. The van der Waals surface area contributed by atoms with Gasteiger partial charge >= 0.3 is 0 Å². The molecule has 1 aromatic carbocycles. The quantitative estimate of drug-likeness (QED) is 0.767. The number of ether oxygens (including phenoxy) is 2.